The number of ether oxygens (including phenoxy) is 2. The van der Waals surface area contributed by atoms with Crippen molar-refractivity contribution < 1.29 is 14.6 Å². The van der Waals surface area contributed by atoms with E-state index in [9.17, 15) is 5.11 Å². The summed E-state index contributed by atoms with van der Waals surface area (Å²) in [5.41, 5.74) is 3.26. The quantitative estimate of drug-likeness (QED) is 0.886. The summed E-state index contributed by atoms with van der Waals surface area (Å²) < 4.78 is 11.1. The van der Waals surface area contributed by atoms with Crippen LogP contribution in [0.25, 0.3) is 0 Å². The second-order valence-corrected chi connectivity index (χ2v) is 5.78. The fourth-order valence-corrected chi connectivity index (χ4v) is 3.00. The zero-order valence-electron chi connectivity index (χ0n) is 13.5. The van der Waals surface area contributed by atoms with E-state index in [1.54, 1.807) is 13.3 Å². The van der Waals surface area contributed by atoms with E-state index >= 15 is 0 Å². The summed E-state index contributed by atoms with van der Waals surface area (Å²) in [6, 6.07) is 8.03. The van der Waals surface area contributed by atoms with Crippen molar-refractivity contribution in [3.63, 3.8) is 0 Å². The molecular formula is C18H22N2O3. The number of aliphatic hydroxyl groups excluding tert-OH is 1. The van der Waals surface area contributed by atoms with Gasteiger partial charge in [-0.15, -0.1) is 0 Å². The number of rotatable bonds is 5. The molecule has 2 heterocycles. The first-order valence-electron chi connectivity index (χ1n) is 7.78. The van der Waals surface area contributed by atoms with Crippen LogP contribution in [-0.4, -0.2) is 30.4 Å². The Morgan fingerprint density at radius 3 is 2.96 bits per heavy atom. The molecule has 0 amide bonds. The van der Waals surface area contributed by atoms with Gasteiger partial charge in [0.25, 0.3) is 0 Å². The Balaban J connectivity index is 1.81. The molecule has 0 aliphatic carbocycles. The normalized spacial score (nSPS) is 19.8. The smallest absolute Gasteiger partial charge is 0.140 e. The lowest BCUT2D eigenvalue weighted by molar-refractivity contribution is 0.110. The molecule has 0 fully saturated rings. The Kier molecular flexibility index (Phi) is 4.79. The molecule has 5 heteroatoms. The highest BCUT2D eigenvalue weighted by molar-refractivity contribution is 5.39. The molecule has 0 unspecified atom stereocenters. The van der Waals surface area contributed by atoms with Gasteiger partial charge in [-0.3, -0.25) is 4.98 Å². The number of pyridine rings is 1. The second kappa shape index (κ2) is 6.98. The van der Waals surface area contributed by atoms with E-state index in [2.05, 4.69) is 10.3 Å². The summed E-state index contributed by atoms with van der Waals surface area (Å²) in [7, 11) is 1.65. The van der Waals surface area contributed by atoms with Crippen LogP contribution in [-0.2, 0) is 6.54 Å². The zero-order chi connectivity index (χ0) is 16.2. The molecule has 2 N–H and O–H groups in total. The van der Waals surface area contributed by atoms with Crippen molar-refractivity contribution in [1.82, 2.24) is 10.3 Å². The minimum atomic E-state index is 0.0313. The third-order valence-corrected chi connectivity index (χ3v) is 4.42. The van der Waals surface area contributed by atoms with Crippen LogP contribution in [0.3, 0.4) is 0 Å². The van der Waals surface area contributed by atoms with Gasteiger partial charge in [0.15, 0.2) is 0 Å². The first-order valence-corrected chi connectivity index (χ1v) is 7.78. The molecule has 23 heavy (non-hydrogen) atoms. The summed E-state index contributed by atoms with van der Waals surface area (Å²) in [4.78, 5) is 4.22. The number of aromatic nitrogens is 1. The molecule has 0 bridgehead atoms. The number of methoxy groups -OCH3 is 1. The second-order valence-electron chi connectivity index (χ2n) is 5.78. The van der Waals surface area contributed by atoms with Crippen molar-refractivity contribution in [2.75, 3.05) is 20.3 Å². The van der Waals surface area contributed by atoms with Crippen LogP contribution in [0.4, 0.5) is 0 Å². The molecule has 0 spiro atoms. The van der Waals surface area contributed by atoms with Gasteiger partial charge in [-0.05, 0) is 24.1 Å². The van der Waals surface area contributed by atoms with Crippen molar-refractivity contribution in [3.8, 4) is 11.5 Å². The minimum absolute atomic E-state index is 0.0313. The summed E-state index contributed by atoms with van der Waals surface area (Å²) in [6.45, 7) is 3.28. The standard InChI is InChI=1S/C18H22N2O3/c1-12-13(7-19-9-17(12)22-2)8-20-18-14(10-21)11-23-16-6-4-3-5-15(16)18/h3-7,9,14,18,20-21H,8,10-11H2,1-2H3/t14-,18-/m1/s1. The molecule has 1 aliphatic heterocycles. The van der Waals surface area contributed by atoms with Gasteiger partial charge in [0, 0.05) is 30.3 Å². The van der Waals surface area contributed by atoms with Gasteiger partial charge in [0.1, 0.15) is 11.5 Å². The Labute approximate surface area is 136 Å². The Morgan fingerprint density at radius 2 is 2.17 bits per heavy atom. The van der Waals surface area contributed by atoms with Crippen molar-refractivity contribution in [2.24, 2.45) is 5.92 Å². The molecule has 0 saturated heterocycles. The lowest BCUT2D eigenvalue weighted by Crippen LogP contribution is -2.37. The third kappa shape index (κ3) is 3.16. The molecule has 1 aliphatic rings. The van der Waals surface area contributed by atoms with E-state index in [-0.39, 0.29) is 18.6 Å². The predicted octanol–water partition coefficient (Wildman–Crippen LogP) is 2.23. The molecule has 0 saturated carbocycles. The SMILES string of the molecule is COc1cncc(CN[C@H]2c3ccccc3OC[C@H]2CO)c1C. The Hall–Kier alpha value is -2.11. The van der Waals surface area contributed by atoms with E-state index in [4.69, 9.17) is 9.47 Å². The van der Waals surface area contributed by atoms with E-state index < -0.39 is 0 Å². The highest BCUT2D eigenvalue weighted by Gasteiger charge is 2.30. The van der Waals surface area contributed by atoms with E-state index in [0.29, 0.717) is 13.2 Å². The summed E-state index contributed by atoms with van der Waals surface area (Å²) >= 11 is 0. The highest BCUT2D eigenvalue weighted by Crippen LogP contribution is 2.35. The van der Waals surface area contributed by atoms with Gasteiger partial charge in [0.05, 0.1) is 26.5 Å². The fraction of sp³-hybridized carbons (Fsp3) is 0.389. The van der Waals surface area contributed by atoms with Gasteiger partial charge in [-0.2, -0.15) is 0 Å². The number of fused-ring (bicyclic) bond motifs is 1. The summed E-state index contributed by atoms with van der Waals surface area (Å²) in [5.74, 6) is 1.70. The lowest BCUT2D eigenvalue weighted by atomic mass is 9.91. The van der Waals surface area contributed by atoms with Crippen molar-refractivity contribution >= 4 is 0 Å². The molecule has 2 aromatic rings. The molecule has 3 rings (SSSR count). The molecule has 2 atom stereocenters. The summed E-state index contributed by atoms with van der Waals surface area (Å²) in [6.07, 6.45) is 3.57. The van der Waals surface area contributed by atoms with Crippen LogP contribution < -0.4 is 14.8 Å². The number of hydrogen-bond donors (Lipinski definition) is 2. The minimum Gasteiger partial charge on any atom is -0.495 e. The van der Waals surface area contributed by atoms with Crippen LogP contribution in [0, 0.1) is 12.8 Å². The monoisotopic (exact) mass is 314 g/mol. The molecular weight excluding hydrogens is 292 g/mol. The topological polar surface area (TPSA) is 63.6 Å². The third-order valence-electron chi connectivity index (χ3n) is 4.42. The maximum Gasteiger partial charge on any atom is 0.140 e. The first-order chi connectivity index (χ1) is 11.2. The average molecular weight is 314 g/mol. The van der Waals surface area contributed by atoms with Crippen LogP contribution >= 0.6 is 0 Å². The number of benzene rings is 1. The Bertz CT molecular complexity index is 675. The largest absolute Gasteiger partial charge is 0.495 e. The van der Waals surface area contributed by atoms with Gasteiger partial charge in [-0.1, -0.05) is 18.2 Å². The maximum atomic E-state index is 9.67. The first kappa shape index (κ1) is 15.8. The number of hydrogen-bond acceptors (Lipinski definition) is 5. The molecule has 1 aromatic heterocycles. The molecule has 5 nitrogen and oxygen atoms in total. The van der Waals surface area contributed by atoms with Crippen molar-refractivity contribution in [1.29, 1.82) is 0 Å². The Morgan fingerprint density at radius 1 is 1.35 bits per heavy atom. The van der Waals surface area contributed by atoms with E-state index in [1.165, 1.54) is 0 Å². The van der Waals surface area contributed by atoms with Gasteiger partial charge in [-0.25, -0.2) is 0 Å². The zero-order valence-corrected chi connectivity index (χ0v) is 13.5. The van der Waals surface area contributed by atoms with Crippen LogP contribution in [0.5, 0.6) is 11.5 Å². The number of aliphatic hydroxyl groups is 1. The highest BCUT2D eigenvalue weighted by atomic mass is 16.5. The predicted molar refractivity (Wildman–Crippen MR) is 87.6 cm³/mol. The van der Waals surface area contributed by atoms with Gasteiger partial charge < -0.3 is 19.9 Å². The molecule has 122 valence electrons. The van der Waals surface area contributed by atoms with E-state index in [1.807, 2.05) is 37.4 Å². The van der Waals surface area contributed by atoms with Crippen LogP contribution in [0.1, 0.15) is 22.7 Å². The van der Waals surface area contributed by atoms with Crippen molar-refractivity contribution in [2.45, 2.75) is 19.5 Å². The van der Waals surface area contributed by atoms with Crippen LogP contribution in [0.15, 0.2) is 36.7 Å². The number of nitrogens with zero attached hydrogens (tertiary/aromatic N) is 1. The van der Waals surface area contributed by atoms with Gasteiger partial charge in [0.2, 0.25) is 0 Å². The number of nitrogens with one attached hydrogen (secondary N) is 1. The fourth-order valence-electron chi connectivity index (χ4n) is 3.00. The average Bonchev–Trinajstić information content (AvgIpc) is 2.60. The van der Waals surface area contributed by atoms with Gasteiger partial charge >= 0.3 is 0 Å². The maximum absolute atomic E-state index is 9.67. The van der Waals surface area contributed by atoms with E-state index in [0.717, 1.165) is 28.2 Å². The summed E-state index contributed by atoms with van der Waals surface area (Å²) in [5, 5.41) is 13.2. The lowest BCUT2D eigenvalue weighted by Gasteiger charge is -2.33. The number of para-hydroxylation sites is 1. The van der Waals surface area contributed by atoms with Crippen LogP contribution in [0.2, 0.25) is 0 Å². The molecule has 1 aromatic carbocycles. The van der Waals surface area contributed by atoms with Crippen molar-refractivity contribution in [3.05, 3.63) is 53.3 Å². The molecule has 0 radical (unpaired) electrons.